The third-order valence-electron chi connectivity index (χ3n) is 2.81. The minimum atomic E-state index is -0.173. The van der Waals surface area contributed by atoms with E-state index >= 15 is 0 Å². The van der Waals surface area contributed by atoms with Crippen LogP contribution in [0.2, 0.25) is 0 Å². The minimum absolute atomic E-state index is 0.173. The van der Waals surface area contributed by atoms with Crippen molar-refractivity contribution >= 4 is 11.7 Å². The number of amides is 1. The smallest absolute Gasteiger partial charge is 0.274 e. The Kier molecular flexibility index (Phi) is 7.16. The molecule has 0 aliphatic rings. The van der Waals surface area contributed by atoms with Gasteiger partial charge in [-0.1, -0.05) is 20.8 Å². The number of nitrogens with zero attached hydrogens (tertiary/aromatic N) is 4. The van der Waals surface area contributed by atoms with Crippen LogP contribution in [0.5, 0.6) is 0 Å². The summed E-state index contributed by atoms with van der Waals surface area (Å²) in [6.45, 7) is 8.00. The summed E-state index contributed by atoms with van der Waals surface area (Å²) in [4.78, 5) is 14.1. The SMILES string of the molecule is CCCNc1ccc(C(=O)N(CCC#N)CC(C)C)nn1. The van der Waals surface area contributed by atoms with E-state index in [2.05, 4.69) is 28.5 Å². The van der Waals surface area contributed by atoms with Gasteiger partial charge in [-0.25, -0.2) is 0 Å². The van der Waals surface area contributed by atoms with E-state index in [9.17, 15) is 4.79 Å². The normalized spacial score (nSPS) is 10.2. The van der Waals surface area contributed by atoms with Gasteiger partial charge in [-0.15, -0.1) is 10.2 Å². The number of carbonyl (C=O) groups is 1. The molecule has 0 radical (unpaired) electrons. The van der Waals surface area contributed by atoms with Crippen LogP contribution in [0.3, 0.4) is 0 Å². The van der Waals surface area contributed by atoms with Gasteiger partial charge in [-0.2, -0.15) is 5.26 Å². The molecule has 1 rings (SSSR count). The van der Waals surface area contributed by atoms with Crippen molar-refractivity contribution in [3.63, 3.8) is 0 Å². The van der Waals surface area contributed by atoms with Crippen LogP contribution >= 0.6 is 0 Å². The van der Waals surface area contributed by atoms with Crippen LogP contribution in [0.15, 0.2) is 12.1 Å². The molecular formula is C15H23N5O. The largest absolute Gasteiger partial charge is 0.369 e. The Morgan fingerprint density at radius 3 is 2.71 bits per heavy atom. The second-order valence-corrected chi connectivity index (χ2v) is 5.28. The van der Waals surface area contributed by atoms with Gasteiger partial charge in [0.15, 0.2) is 5.69 Å². The average molecular weight is 289 g/mol. The predicted molar refractivity (Wildman–Crippen MR) is 81.8 cm³/mol. The van der Waals surface area contributed by atoms with Gasteiger partial charge in [0.25, 0.3) is 5.91 Å². The zero-order chi connectivity index (χ0) is 15.7. The molecule has 1 heterocycles. The van der Waals surface area contributed by atoms with Crippen LogP contribution in [0, 0.1) is 17.2 Å². The van der Waals surface area contributed by atoms with Gasteiger partial charge < -0.3 is 10.2 Å². The number of aromatic nitrogens is 2. The molecule has 1 aromatic rings. The Balaban J connectivity index is 2.75. The highest BCUT2D eigenvalue weighted by Gasteiger charge is 2.18. The number of hydrogen-bond acceptors (Lipinski definition) is 5. The maximum absolute atomic E-state index is 12.4. The second kappa shape index (κ2) is 8.90. The number of anilines is 1. The highest BCUT2D eigenvalue weighted by Crippen LogP contribution is 2.08. The Morgan fingerprint density at radius 1 is 1.43 bits per heavy atom. The van der Waals surface area contributed by atoms with Gasteiger partial charge in [0.1, 0.15) is 5.82 Å². The lowest BCUT2D eigenvalue weighted by Crippen LogP contribution is -2.35. The molecule has 0 bridgehead atoms. The summed E-state index contributed by atoms with van der Waals surface area (Å²) in [5.41, 5.74) is 0.315. The molecule has 6 nitrogen and oxygen atoms in total. The third-order valence-corrected chi connectivity index (χ3v) is 2.81. The number of rotatable bonds is 8. The highest BCUT2D eigenvalue weighted by atomic mass is 16.2. The van der Waals surface area contributed by atoms with Crippen LogP contribution in [0.4, 0.5) is 5.82 Å². The quantitative estimate of drug-likeness (QED) is 0.794. The first-order valence-electron chi connectivity index (χ1n) is 7.32. The molecular weight excluding hydrogens is 266 g/mol. The van der Waals surface area contributed by atoms with Crippen molar-refractivity contribution in [1.82, 2.24) is 15.1 Å². The van der Waals surface area contributed by atoms with E-state index in [1.807, 2.05) is 13.8 Å². The van der Waals surface area contributed by atoms with E-state index < -0.39 is 0 Å². The molecule has 0 aliphatic heterocycles. The maximum atomic E-state index is 12.4. The third kappa shape index (κ3) is 5.78. The van der Waals surface area contributed by atoms with E-state index in [4.69, 9.17) is 5.26 Å². The maximum Gasteiger partial charge on any atom is 0.274 e. The summed E-state index contributed by atoms with van der Waals surface area (Å²) in [6.07, 6.45) is 1.32. The van der Waals surface area contributed by atoms with E-state index in [1.54, 1.807) is 17.0 Å². The highest BCUT2D eigenvalue weighted by molar-refractivity contribution is 5.92. The Hall–Kier alpha value is -2.16. The lowest BCUT2D eigenvalue weighted by atomic mass is 10.2. The molecule has 1 amide bonds. The van der Waals surface area contributed by atoms with E-state index in [0.717, 1.165) is 13.0 Å². The Labute approximate surface area is 126 Å². The molecule has 0 unspecified atom stereocenters. The van der Waals surface area contributed by atoms with Crippen molar-refractivity contribution in [3.8, 4) is 6.07 Å². The average Bonchev–Trinajstić information content (AvgIpc) is 2.49. The first kappa shape index (κ1) is 16.9. The van der Waals surface area contributed by atoms with Crippen molar-refractivity contribution in [3.05, 3.63) is 17.8 Å². The first-order valence-corrected chi connectivity index (χ1v) is 7.32. The van der Waals surface area contributed by atoms with Crippen LogP contribution in [-0.4, -0.2) is 40.6 Å². The topological polar surface area (TPSA) is 81.9 Å². The first-order chi connectivity index (χ1) is 10.1. The van der Waals surface area contributed by atoms with Gasteiger partial charge in [-0.05, 0) is 24.5 Å². The van der Waals surface area contributed by atoms with Crippen molar-refractivity contribution in [2.24, 2.45) is 5.92 Å². The lowest BCUT2D eigenvalue weighted by molar-refractivity contribution is 0.0733. The number of nitrogens with one attached hydrogen (secondary N) is 1. The molecule has 0 fully saturated rings. The van der Waals surface area contributed by atoms with Gasteiger partial charge in [0.2, 0.25) is 0 Å². The van der Waals surface area contributed by atoms with Gasteiger partial charge in [-0.3, -0.25) is 4.79 Å². The molecule has 0 atom stereocenters. The fourth-order valence-corrected chi connectivity index (χ4v) is 1.86. The molecule has 0 saturated heterocycles. The van der Waals surface area contributed by atoms with E-state index in [0.29, 0.717) is 36.9 Å². The molecule has 114 valence electrons. The van der Waals surface area contributed by atoms with Crippen molar-refractivity contribution < 1.29 is 4.79 Å². The molecule has 0 spiro atoms. The standard InChI is InChI=1S/C15H23N5O/c1-4-9-17-14-7-6-13(18-19-14)15(21)20(10-5-8-16)11-12(2)3/h6-7,12H,4-5,9-11H2,1-3H3,(H,17,19). The van der Waals surface area contributed by atoms with Crippen LogP contribution in [0.25, 0.3) is 0 Å². The van der Waals surface area contributed by atoms with Crippen molar-refractivity contribution in [1.29, 1.82) is 5.26 Å². The summed E-state index contributed by atoms with van der Waals surface area (Å²) in [7, 11) is 0. The van der Waals surface area contributed by atoms with E-state index in [1.165, 1.54) is 0 Å². The molecule has 0 aliphatic carbocycles. The van der Waals surface area contributed by atoms with Crippen LogP contribution in [0.1, 0.15) is 44.1 Å². The fraction of sp³-hybridized carbons (Fsp3) is 0.600. The van der Waals surface area contributed by atoms with Crippen molar-refractivity contribution in [2.75, 3.05) is 25.0 Å². The molecule has 21 heavy (non-hydrogen) atoms. The summed E-state index contributed by atoms with van der Waals surface area (Å²) in [6, 6.07) is 5.50. The number of hydrogen-bond donors (Lipinski definition) is 1. The van der Waals surface area contributed by atoms with Gasteiger partial charge in [0.05, 0.1) is 12.5 Å². The summed E-state index contributed by atoms with van der Waals surface area (Å²) in [5, 5.41) is 19.8. The van der Waals surface area contributed by atoms with E-state index in [-0.39, 0.29) is 5.91 Å². The van der Waals surface area contributed by atoms with Crippen molar-refractivity contribution in [2.45, 2.75) is 33.6 Å². The van der Waals surface area contributed by atoms with Crippen LogP contribution < -0.4 is 5.32 Å². The molecule has 1 N–H and O–H groups in total. The second-order valence-electron chi connectivity index (χ2n) is 5.28. The zero-order valence-corrected chi connectivity index (χ0v) is 13.0. The molecule has 0 saturated carbocycles. The zero-order valence-electron chi connectivity index (χ0n) is 13.0. The number of carbonyl (C=O) groups excluding carboxylic acids is 1. The fourth-order valence-electron chi connectivity index (χ4n) is 1.86. The Morgan fingerprint density at radius 2 is 2.19 bits per heavy atom. The van der Waals surface area contributed by atoms with Crippen LogP contribution in [-0.2, 0) is 0 Å². The van der Waals surface area contributed by atoms with Gasteiger partial charge >= 0.3 is 0 Å². The Bertz CT molecular complexity index is 478. The monoisotopic (exact) mass is 289 g/mol. The summed E-state index contributed by atoms with van der Waals surface area (Å²) >= 11 is 0. The molecule has 0 aromatic carbocycles. The minimum Gasteiger partial charge on any atom is -0.369 e. The number of nitriles is 1. The lowest BCUT2D eigenvalue weighted by Gasteiger charge is -2.23. The predicted octanol–water partition coefficient (Wildman–Crippen LogP) is 2.31. The summed E-state index contributed by atoms with van der Waals surface area (Å²) < 4.78 is 0. The summed E-state index contributed by atoms with van der Waals surface area (Å²) in [5.74, 6) is 0.834. The van der Waals surface area contributed by atoms with Gasteiger partial charge in [0, 0.05) is 19.6 Å². The molecule has 6 heteroatoms. The molecule has 1 aromatic heterocycles.